The van der Waals surface area contributed by atoms with Crippen molar-refractivity contribution >= 4 is 17.9 Å². The molecule has 0 aliphatic carbocycles. The second kappa shape index (κ2) is 10.1. The maximum atomic E-state index is 12.4. The molecule has 3 heterocycles. The largest absolute Gasteiger partial charge is 0.335 e. The number of aldehydes is 1. The minimum Gasteiger partial charge on any atom is -0.335 e. The normalized spacial score (nSPS) is 19.0. The van der Waals surface area contributed by atoms with Crippen LogP contribution in [0.2, 0.25) is 0 Å². The molecule has 1 aromatic carbocycles. The molecule has 0 amide bonds. The van der Waals surface area contributed by atoms with Crippen LogP contribution in [0.4, 0.5) is 13.2 Å². The van der Waals surface area contributed by atoms with E-state index in [1.54, 1.807) is 6.20 Å². The summed E-state index contributed by atoms with van der Waals surface area (Å²) in [6.45, 7) is 2.86. The zero-order valence-electron chi connectivity index (χ0n) is 16.4. The van der Waals surface area contributed by atoms with Gasteiger partial charge in [0.25, 0.3) is 5.90 Å². The first-order chi connectivity index (χ1) is 14.5. The molecule has 9 heteroatoms. The zero-order valence-corrected chi connectivity index (χ0v) is 16.4. The van der Waals surface area contributed by atoms with Gasteiger partial charge in [0, 0.05) is 18.7 Å². The van der Waals surface area contributed by atoms with Crippen molar-refractivity contribution < 1.29 is 22.8 Å². The van der Waals surface area contributed by atoms with E-state index in [2.05, 4.69) is 27.1 Å². The van der Waals surface area contributed by atoms with Gasteiger partial charge in [0.2, 0.25) is 0 Å². The van der Waals surface area contributed by atoms with Crippen molar-refractivity contribution in [2.75, 3.05) is 26.7 Å². The van der Waals surface area contributed by atoms with Gasteiger partial charge < -0.3 is 9.74 Å². The van der Waals surface area contributed by atoms with Gasteiger partial charge in [-0.3, -0.25) is 9.78 Å². The first kappa shape index (κ1) is 21.6. The topological polar surface area (TPSA) is 67.2 Å². The predicted molar refractivity (Wildman–Crippen MR) is 106 cm³/mol. The van der Waals surface area contributed by atoms with Gasteiger partial charge in [-0.2, -0.15) is 0 Å². The number of likely N-dealkylation sites (tertiary alicyclic amines) is 1. The molecule has 1 atom stereocenters. The number of carbonyl (C=O) groups is 1. The van der Waals surface area contributed by atoms with Crippen molar-refractivity contribution in [3.05, 3.63) is 65.2 Å². The number of piperidine rings is 1. The van der Waals surface area contributed by atoms with Crippen LogP contribution in [-0.2, 0) is 4.84 Å². The number of oxime groups is 1. The highest BCUT2D eigenvalue weighted by molar-refractivity contribution is 5.98. The standard InChI is InChI=1S/C14H18N4O.C7H3F3O/c1-18-8-4-5-11(10-18)13-9-16-14(19-17-13)12-6-2-3-7-15-12;8-5-2-1-4(3-11)6(9)7(5)10/h2-3,6-7,11H,4-5,8-10H2,1H3;1-3H/t11-;/m0./s1. The Balaban J connectivity index is 0.000000199. The van der Waals surface area contributed by atoms with E-state index in [0.717, 1.165) is 24.0 Å². The van der Waals surface area contributed by atoms with E-state index in [1.807, 2.05) is 18.2 Å². The number of hydrogen-bond acceptors (Lipinski definition) is 6. The van der Waals surface area contributed by atoms with E-state index >= 15 is 0 Å². The third kappa shape index (κ3) is 5.29. The third-order valence-electron chi connectivity index (χ3n) is 4.81. The number of benzene rings is 1. The fourth-order valence-corrected chi connectivity index (χ4v) is 3.20. The Bertz CT molecular complexity index is 951. The molecule has 1 fully saturated rings. The van der Waals surface area contributed by atoms with Gasteiger partial charge in [-0.25, -0.2) is 18.2 Å². The smallest absolute Gasteiger partial charge is 0.270 e. The summed E-state index contributed by atoms with van der Waals surface area (Å²) in [7, 11) is 2.15. The Hall–Kier alpha value is -3.07. The molecule has 0 bridgehead atoms. The summed E-state index contributed by atoms with van der Waals surface area (Å²) >= 11 is 0. The predicted octanol–water partition coefficient (Wildman–Crippen LogP) is 3.47. The average Bonchev–Trinajstić information content (AvgIpc) is 2.79. The summed E-state index contributed by atoms with van der Waals surface area (Å²) in [6, 6.07) is 7.25. The fraction of sp³-hybridized carbons (Fsp3) is 0.333. The number of aromatic nitrogens is 1. The van der Waals surface area contributed by atoms with Crippen LogP contribution in [0.5, 0.6) is 0 Å². The quantitative estimate of drug-likeness (QED) is 0.566. The maximum absolute atomic E-state index is 12.4. The van der Waals surface area contributed by atoms with Crippen molar-refractivity contribution in [2.24, 2.45) is 16.1 Å². The Morgan fingerprint density at radius 2 is 2.00 bits per heavy atom. The summed E-state index contributed by atoms with van der Waals surface area (Å²) in [4.78, 5) is 26.4. The van der Waals surface area contributed by atoms with Gasteiger partial charge in [0.05, 0.1) is 17.8 Å². The van der Waals surface area contributed by atoms with Crippen molar-refractivity contribution in [1.82, 2.24) is 9.88 Å². The summed E-state index contributed by atoms with van der Waals surface area (Å²) < 4.78 is 36.9. The molecule has 4 rings (SSSR count). The molecule has 2 aliphatic rings. The van der Waals surface area contributed by atoms with Gasteiger partial charge in [-0.05, 0) is 50.7 Å². The molecule has 2 aromatic rings. The van der Waals surface area contributed by atoms with Gasteiger partial charge in [-0.1, -0.05) is 11.2 Å². The minimum absolute atomic E-state index is 0.123. The van der Waals surface area contributed by atoms with Gasteiger partial charge in [-0.15, -0.1) is 0 Å². The van der Waals surface area contributed by atoms with Crippen molar-refractivity contribution in [3.8, 4) is 0 Å². The number of aliphatic imine (C=N–C) groups is 1. The van der Waals surface area contributed by atoms with E-state index in [4.69, 9.17) is 4.84 Å². The van der Waals surface area contributed by atoms with Gasteiger partial charge in [0.1, 0.15) is 5.69 Å². The first-order valence-electron chi connectivity index (χ1n) is 9.46. The van der Waals surface area contributed by atoms with Gasteiger partial charge in [0.15, 0.2) is 23.7 Å². The molecule has 6 nitrogen and oxygen atoms in total. The Labute approximate surface area is 172 Å². The van der Waals surface area contributed by atoms with Crippen LogP contribution in [-0.4, -0.2) is 54.5 Å². The lowest BCUT2D eigenvalue weighted by Crippen LogP contribution is -2.38. The first-order valence-corrected chi connectivity index (χ1v) is 9.46. The van der Waals surface area contributed by atoms with Crippen LogP contribution < -0.4 is 0 Å². The highest BCUT2D eigenvalue weighted by Gasteiger charge is 2.25. The second-order valence-electron chi connectivity index (χ2n) is 6.99. The van der Waals surface area contributed by atoms with E-state index < -0.39 is 23.0 Å². The number of hydrogen-bond donors (Lipinski definition) is 0. The number of nitrogens with zero attached hydrogens (tertiary/aromatic N) is 4. The average molecular weight is 418 g/mol. The lowest BCUT2D eigenvalue weighted by molar-refractivity contribution is 0.111. The monoisotopic (exact) mass is 418 g/mol. The van der Waals surface area contributed by atoms with Crippen molar-refractivity contribution in [1.29, 1.82) is 0 Å². The molecule has 30 heavy (non-hydrogen) atoms. The maximum Gasteiger partial charge on any atom is 0.270 e. The summed E-state index contributed by atoms with van der Waals surface area (Å²) in [5.41, 5.74) is 1.32. The van der Waals surface area contributed by atoms with Crippen LogP contribution >= 0.6 is 0 Å². The number of pyridine rings is 1. The van der Waals surface area contributed by atoms with Crippen molar-refractivity contribution in [2.45, 2.75) is 12.8 Å². The fourth-order valence-electron chi connectivity index (χ4n) is 3.20. The minimum atomic E-state index is -1.62. The molecular formula is C21H21F3N4O2. The molecule has 2 aliphatic heterocycles. The van der Waals surface area contributed by atoms with Crippen LogP contribution in [0.15, 0.2) is 46.7 Å². The van der Waals surface area contributed by atoms with Crippen molar-refractivity contribution in [3.63, 3.8) is 0 Å². The molecule has 0 spiro atoms. The molecular weight excluding hydrogens is 397 g/mol. The van der Waals surface area contributed by atoms with Crippen LogP contribution in [0, 0.1) is 23.4 Å². The van der Waals surface area contributed by atoms with E-state index in [9.17, 15) is 18.0 Å². The van der Waals surface area contributed by atoms with Crippen LogP contribution in [0.1, 0.15) is 28.9 Å². The Kier molecular flexibility index (Phi) is 7.29. The van der Waals surface area contributed by atoms with Crippen LogP contribution in [0.3, 0.4) is 0 Å². The third-order valence-corrected chi connectivity index (χ3v) is 4.81. The van der Waals surface area contributed by atoms with Crippen LogP contribution in [0.25, 0.3) is 0 Å². The molecule has 0 saturated carbocycles. The van der Waals surface area contributed by atoms with E-state index in [-0.39, 0.29) is 6.29 Å². The second-order valence-corrected chi connectivity index (χ2v) is 6.99. The molecule has 0 radical (unpaired) electrons. The summed E-state index contributed by atoms with van der Waals surface area (Å²) in [6.07, 6.45) is 4.26. The highest BCUT2D eigenvalue weighted by atomic mass is 19.2. The van der Waals surface area contributed by atoms with E-state index in [1.165, 1.54) is 19.4 Å². The van der Waals surface area contributed by atoms with E-state index in [0.29, 0.717) is 24.4 Å². The zero-order chi connectivity index (χ0) is 21.5. The molecule has 1 saturated heterocycles. The summed E-state index contributed by atoms with van der Waals surface area (Å²) in [5.74, 6) is -3.36. The van der Waals surface area contributed by atoms with Gasteiger partial charge >= 0.3 is 0 Å². The Morgan fingerprint density at radius 3 is 2.63 bits per heavy atom. The lowest BCUT2D eigenvalue weighted by Gasteiger charge is -2.30. The summed E-state index contributed by atoms with van der Waals surface area (Å²) in [5, 5.41) is 4.26. The number of carbonyl (C=O) groups excluding carboxylic acids is 1. The molecule has 158 valence electrons. The molecule has 0 N–H and O–H groups in total. The number of rotatable bonds is 3. The molecule has 0 unspecified atom stereocenters. The SMILES string of the molecule is CN1CCC[C@H](C2=NOC(c3ccccn3)=NC2)C1.O=Cc1ccc(F)c(F)c1F. The Morgan fingerprint density at radius 1 is 1.17 bits per heavy atom. The highest BCUT2D eigenvalue weighted by Crippen LogP contribution is 2.19. The lowest BCUT2D eigenvalue weighted by atomic mass is 9.93. The number of halogens is 3. The molecule has 1 aromatic heterocycles.